The maximum atomic E-state index is 13.2. The Morgan fingerprint density at radius 2 is 2.12 bits per heavy atom. The Labute approximate surface area is 151 Å². The number of nitrogens with one attached hydrogen (secondary N) is 1. The van der Waals surface area contributed by atoms with E-state index in [1.807, 2.05) is 12.1 Å². The van der Waals surface area contributed by atoms with Crippen molar-refractivity contribution in [2.75, 3.05) is 13.4 Å². The van der Waals surface area contributed by atoms with E-state index in [0.717, 1.165) is 11.1 Å². The number of fused-ring (bicyclic) bond motifs is 1. The first kappa shape index (κ1) is 18.0. The predicted molar refractivity (Wildman–Crippen MR) is 93.7 cm³/mol. The first-order valence-corrected chi connectivity index (χ1v) is 8.36. The van der Waals surface area contributed by atoms with Crippen molar-refractivity contribution in [2.45, 2.75) is 25.9 Å². The van der Waals surface area contributed by atoms with Crippen LogP contribution in [0.3, 0.4) is 0 Å². The van der Waals surface area contributed by atoms with Crippen molar-refractivity contribution in [3.8, 4) is 17.2 Å². The van der Waals surface area contributed by atoms with Crippen molar-refractivity contribution in [1.82, 2.24) is 5.32 Å². The van der Waals surface area contributed by atoms with Gasteiger partial charge in [-0.05, 0) is 30.7 Å². The van der Waals surface area contributed by atoms with E-state index in [0.29, 0.717) is 36.8 Å². The van der Waals surface area contributed by atoms with Crippen molar-refractivity contribution < 1.29 is 23.4 Å². The molecule has 7 heteroatoms. The molecule has 0 saturated heterocycles. The highest BCUT2D eigenvalue weighted by atomic mass is 19.1. The quantitative estimate of drug-likeness (QED) is 0.754. The molecule has 0 bridgehead atoms. The lowest BCUT2D eigenvalue weighted by molar-refractivity contribution is -0.119. The van der Waals surface area contributed by atoms with Crippen LogP contribution in [-0.2, 0) is 17.8 Å². The summed E-state index contributed by atoms with van der Waals surface area (Å²) in [6.07, 6.45) is 0.576. The minimum Gasteiger partial charge on any atom is -0.489 e. The summed E-state index contributed by atoms with van der Waals surface area (Å²) in [4.78, 5) is 11.1. The fraction of sp³-hybridized carbons (Fsp3) is 0.316. The second-order valence-electron chi connectivity index (χ2n) is 6.02. The van der Waals surface area contributed by atoms with Gasteiger partial charge in [0.15, 0.2) is 11.5 Å². The van der Waals surface area contributed by atoms with Crippen molar-refractivity contribution in [1.29, 1.82) is 0 Å². The molecule has 1 amide bonds. The first-order chi connectivity index (χ1) is 12.5. The number of carbonyl (C=O) groups is 1. The van der Waals surface area contributed by atoms with Gasteiger partial charge in [0, 0.05) is 18.5 Å². The first-order valence-electron chi connectivity index (χ1n) is 8.36. The Bertz CT molecular complexity index is 797. The summed E-state index contributed by atoms with van der Waals surface area (Å²) in [6.45, 7) is 2.61. The topological polar surface area (TPSA) is 82.8 Å². The maximum absolute atomic E-state index is 13.2. The number of hydrogen-bond acceptors (Lipinski definition) is 5. The normalized spacial score (nSPS) is 13.5. The number of halogens is 1. The third-order valence-electron chi connectivity index (χ3n) is 4.13. The second kappa shape index (κ2) is 8.05. The van der Waals surface area contributed by atoms with Gasteiger partial charge in [0.05, 0.1) is 12.6 Å². The third kappa shape index (κ3) is 4.23. The molecule has 0 fully saturated rings. The highest BCUT2D eigenvalue weighted by Gasteiger charge is 2.23. The zero-order valence-electron chi connectivity index (χ0n) is 14.5. The molecule has 3 N–H and O–H groups in total. The second-order valence-corrected chi connectivity index (χ2v) is 6.02. The van der Waals surface area contributed by atoms with Crippen LogP contribution in [0.5, 0.6) is 17.2 Å². The Balaban J connectivity index is 1.64. The molecule has 138 valence electrons. The van der Waals surface area contributed by atoms with Crippen LogP contribution in [0.2, 0.25) is 0 Å². The molecule has 2 aromatic rings. The Kier molecular flexibility index (Phi) is 5.58. The van der Waals surface area contributed by atoms with Crippen molar-refractivity contribution in [2.24, 2.45) is 5.73 Å². The van der Waals surface area contributed by atoms with E-state index < -0.39 is 11.9 Å². The Hall–Kier alpha value is -2.80. The van der Waals surface area contributed by atoms with E-state index in [2.05, 4.69) is 5.32 Å². The zero-order chi connectivity index (χ0) is 18.5. The number of primary amides is 1. The average Bonchev–Trinajstić information content (AvgIpc) is 3.10. The van der Waals surface area contributed by atoms with Crippen LogP contribution in [0.25, 0.3) is 0 Å². The number of carbonyl (C=O) groups excluding carboxylic acids is 1. The van der Waals surface area contributed by atoms with Gasteiger partial charge in [-0.1, -0.05) is 18.2 Å². The molecule has 0 saturated carbocycles. The van der Waals surface area contributed by atoms with Crippen LogP contribution in [0.4, 0.5) is 4.39 Å². The van der Waals surface area contributed by atoms with Gasteiger partial charge in [-0.15, -0.1) is 0 Å². The van der Waals surface area contributed by atoms with E-state index in [1.54, 1.807) is 19.1 Å². The molecule has 1 unspecified atom stereocenters. The molecule has 0 aromatic heterocycles. The van der Waals surface area contributed by atoms with Crippen LogP contribution in [0.15, 0.2) is 36.4 Å². The van der Waals surface area contributed by atoms with Crippen LogP contribution in [-0.4, -0.2) is 25.3 Å². The molecule has 3 rings (SSSR count). The number of rotatable bonds is 8. The molecular weight excluding hydrogens is 339 g/mol. The maximum Gasteiger partial charge on any atom is 0.234 e. The molecule has 0 spiro atoms. The largest absolute Gasteiger partial charge is 0.489 e. The highest BCUT2D eigenvalue weighted by molar-refractivity contribution is 5.79. The lowest BCUT2D eigenvalue weighted by atomic mass is 10.1. The number of benzene rings is 2. The van der Waals surface area contributed by atoms with Gasteiger partial charge in [0.25, 0.3) is 0 Å². The molecule has 0 radical (unpaired) electrons. The minimum absolute atomic E-state index is 0.109. The average molecular weight is 360 g/mol. The standard InChI is InChI=1S/C19H21FN2O4/c1-12(19(21)23)22-10-14-5-6-16(18-17(14)25-11-26-18)24-8-7-13-3-2-4-15(20)9-13/h2-6,9,12,22H,7-8,10-11H2,1H3,(H2,21,23). The summed E-state index contributed by atoms with van der Waals surface area (Å²) in [5.74, 6) is 1.02. The molecule has 6 nitrogen and oxygen atoms in total. The van der Waals surface area contributed by atoms with Gasteiger partial charge in [-0.3, -0.25) is 4.79 Å². The monoisotopic (exact) mass is 360 g/mol. The fourth-order valence-corrected chi connectivity index (χ4v) is 2.62. The number of hydrogen-bond donors (Lipinski definition) is 2. The van der Waals surface area contributed by atoms with Gasteiger partial charge in [0.1, 0.15) is 5.82 Å². The summed E-state index contributed by atoms with van der Waals surface area (Å²) >= 11 is 0. The van der Waals surface area contributed by atoms with Crippen LogP contribution in [0.1, 0.15) is 18.1 Å². The number of amides is 1. The molecular formula is C19H21FN2O4. The van der Waals surface area contributed by atoms with Crippen molar-refractivity contribution in [3.05, 3.63) is 53.3 Å². The van der Waals surface area contributed by atoms with E-state index in [-0.39, 0.29) is 12.6 Å². The molecule has 1 aliphatic rings. The Morgan fingerprint density at radius 3 is 2.88 bits per heavy atom. The number of nitrogens with two attached hydrogens (primary N) is 1. The number of ether oxygens (including phenoxy) is 3. The van der Waals surface area contributed by atoms with Gasteiger partial charge >= 0.3 is 0 Å². The summed E-state index contributed by atoms with van der Waals surface area (Å²) in [7, 11) is 0. The SMILES string of the molecule is CC(NCc1ccc(OCCc2cccc(F)c2)c2c1OCO2)C(N)=O. The minimum atomic E-state index is -0.449. The van der Waals surface area contributed by atoms with E-state index in [9.17, 15) is 9.18 Å². The van der Waals surface area contributed by atoms with E-state index in [1.165, 1.54) is 12.1 Å². The smallest absolute Gasteiger partial charge is 0.234 e. The highest BCUT2D eigenvalue weighted by Crippen LogP contribution is 2.43. The van der Waals surface area contributed by atoms with Crippen LogP contribution < -0.4 is 25.3 Å². The molecule has 26 heavy (non-hydrogen) atoms. The fourth-order valence-electron chi connectivity index (χ4n) is 2.62. The van der Waals surface area contributed by atoms with Crippen molar-refractivity contribution in [3.63, 3.8) is 0 Å². The third-order valence-corrected chi connectivity index (χ3v) is 4.13. The summed E-state index contributed by atoms with van der Waals surface area (Å²) in [5.41, 5.74) is 6.96. The van der Waals surface area contributed by atoms with Gasteiger partial charge in [-0.25, -0.2) is 4.39 Å². The predicted octanol–water partition coefficient (Wildman–Crippen LogP) is 2.14. The molecule has 1 heterocycles. The van der Waals surface area contributed by atoms with E-state index >= 15 is 0 Å². The lowest BCUT2D eigenvalue weighted by Crippen LogP contribution is -2.38. The van der Waals surface area contributed by atoms with E-state index in [4.69, 9.17) is 19.9 Å². The molecule has 0 aliphatic carbocycles. The zero-order valence-corrected chi connectivity index (χ0v) is 14.5. The molecule has 2 aromatic carbocycles. The van der Waals surface area contributed by atoms with Crippen molar-refractivity contribution >= 4 is 5.91 Å². The molecule has 1 atom stereocenters. The summed E-state index contributed by atoms with van der Waals surface area (Å²) in [5, 5.41) is 3.03. The molecule has 1 aliphatic heterocycles. The van der Waals surface area contributed by atoms with Gasteiger partial charge in [0.2, 0.25) is 18.4 Å². The summed E-state index contributed by atoms with van der Waals surface area (Å²) < 4.78 is 30.1. The summed E-state index contributed by atoms with van der Waals surface area (Å²) in [6, 6.07) is 9.63. The Morgan fingerprint density at radius 1 is 1.31 bits per heavy atom. The van der Waals surface area contributed by atoms with Crippen LogP contribution in [0, 0.1) is 5.82 Å². The van der Waals surface area contributed by atoms with Gasteiger partial charge < -0.3 is 25.3 Å². The lowest BCUT2D eigenvalue weighted by Gasteiger charge is -2.14. The van der Waals surface area contributed by atoms with Crippen LogP contribution >= 0.6 is 0 Å². The van der Waals surface area contributed by atoms with Gasteiger partial charge in [-0.2, -0.15) is 0 Å².